The van der Waals surface area contributed by atoms with E-state index < -0.39 is 15.9 Å². The zero-order valence-corrected chi connectivity index (χ0v) is 8.40. The van der Waals surface area contributed by atoms with Gasteiger partial charge >= 0.3 is 51.4 Å². The van der Waals surface area contributed by atoms with Gasteiger partial charge in [0.1, 0.15) is 5.75 Å². The summed E-state index contributed by atoms with van der Waals surface area (Å²) in [7, 11) is -3.91. The molecular formula is C3H5KO3S. The van der Waals surface area contributed by atoms with E-state index in [1.165, 1.54) is 0 Å². The molecule has 0 aliphatic carbocycles. The van der Waals surface area contributed by atoms with Gasteiger partial charge in [0.2, 0.25) is 0 Å². The van der Waals surface area contributed by atoms with Crippen LogP contribution in [0.2, 0.25) is 0 Å². The molecule has 0 heterocycles. The summed E-state index contributed by atoms with van der Waals surface area (Å²) in [6.07, 6.45) is 4.53. The molecule has 0 fully saturated rings. The van der Waals surface area contributed by atoms with Crippen molar-refractivity contribution in [2.24, 2.45) is 0 Å². The van der Waals surface area contributed by atoms with Crippen LogP contribution >= 0.6 is 0 Å². The van der Waals surface area contributed by atoms with Crippen LogP contribution in [0.5, 0.6) is 0 Å². The molecule has 0 saturated heterocycles. The standard InChI is InChI=1S/C3H4O3S.K.H/c1-2-3-7(4,5)6;;/h1H,3H2,(H,4,5,6);;/q;+1;-1. The third kappa shape index (κ3) is 10.2. The second-order valence-electron chi connectivity index (χ2n) is 0.930. The SMILES string of the molecule is C#CCS(=O)(=O)O.[H-].[K+]. The van der Waals surface area contributed by atoms with E-state index in [0.29, 0.717) is 0 Å². The van der Waals surface area contributed by atoms with Gasteiger partial charge in [0.15, 0.2) is 0 Å². The molecule has 0 unspecified atom stereocenters. The molecule has 3 nitrogen and oxygen atoms in total. The maximum Gasteiger partial charge on any atom is 1.00 e. The van der Waals surface area contributed by atoms with Crippen molar-refractivity contribution in [2.75, 3.05) is 5.75 Å². The van der Waals surface area contributed by atoms with Crippen LogP contribution in [0.1, 0.15) is 1.43 Å². The molecule has 0 aromatic carbocycles. The van der Waals surface area contributed by atoms with Gasteiger partial charge in [0.05, 0.1) is 0 Å². The van der Waals surface area contributed by atoms with Crippen molar-refractivity contribution in [2.45, 2.75) is 0 Å². The van der Waals surface area contributed by atoms with E-state index in [4.69, 9.17) is 4.55 Å². The van der Waals surface area contributed by atoms with Gasteiger partial charge in [-0.2, -0.15) is 8.42 Å². The second-order valence-corrected chi connectivity index (χ2v) is 2.38. The fraction of sp³-hybridized carbons (Fsp3) is 0.333. The molecule has 0 radical (unpaired) electrons. The maximum atomic E-state index is 9.64. The van der Waals surface area contributed by atoms with Gasteiger partial charge < -0.3 is 1.43 Å². The van der Waals surface area contributed by atoms with Crippen LogP contribution in [0.15, 0.2) is 0 Å². The average Bonchev–Trinajstić information content (AvgIpc) is 1.30. The van der Waals surface area contributed by atoms with Crippen LogP contribution in [0.25, 0.3) is 0 Å². The first-order valence-corrected chi connectivity index (χ1v) is 3.06. The molecule has 0 bridgehead atoms. The van der Waals surface area contributed by atoms with Crippen LogP contribution in [0, 0.1) is 12.3 Å². The van der Waals surface area contributed by atoms with E-state index in [2.05, 4.69) is 6.42 Å². The molecule has 42 valence electrons. The van der Waals surface area contributed by atoms with E-state index in [1.807, 2.05) is 0 Å². The van der Waals surface area contributed by atoms with Gasteiger partial charge in [-0.1, -0.05) is 5.92 Å². The topological polar surface area (TPSA) is 54.4 Å². The van der Waals surface area contributed by atoms with E-state index in [9.17, 15) is 8.42 Å². The Labute approximate surface area is 92.5 Å². The van der Waals surface area contributed by atoms with Crippen LogP contribution in [0.3, 0.4) is 0 Å². The molecule has 0 aromatic heterocycles. The van der Waals surface area contributed by atoms with Crippen molar-refractivity contribution < 1.29 is 65.8 Å². The molecule has 0 spiro atoms. The first kappa shape index (κ1) is 11.8. The molecule has 0 rings (SSSR count). The largest absolute Gasteiger partial charge is 1.00 e. The van der Waals surface area contributed by atoms with Crippen LogP contribution in [-0.2, 0) is 10.1 Å². The van der Waals surface area contributed by atoms with E-state index in [1.54, 1.807) is 5.92 Å². The third-order valence-corrected chi connectivity index (χ3v) is 0.797. The number of terminal acetylenes is 1. The summed E-state index contributed by atoms with van der Waals surface area (Å²) in [5.41, 5.74) is 0. The molecule has 0 atom stereocenters. The molecule has 0 aromatic rings. The molecule has 0 aliphatic heterocycles. The molecule has 8 heavy (non-hydrogen) atoms. The molecule has 5 heteroatoms. The van der Waals surface area contributed by atoms with Crippen molar-refractivity contribution in [3.63, 3.8) is 0 Å². The van der Waals surface area contributed by atoms with Crippen molar-refractivity contribution >= 4 is 10.1 Å². The van der Waals surface area contributed by atoms with Gasteiger partial charge in [0.25, 0.3) is 10.1 Å². The summed E-state index contributed by atoms with van der Waals surface area (Å²) in [5, 5.41) is 0. The molecule has 0 aliphatic rings. The van der Waals surface area contributed by atoms with E-state index in [-0.39, 0.29) is 52.8 Å². The minimum Gasteiger partial charge on any atom is -1.00 e. The molecule has 1 N–H and O–H groups in total. The summed E-state index contributed by atoms with van der Waals surface area (Å²) in [6, 6.07) is 0. The maximum absolute atomic E-state index is 9.64. The zero-order chi connectivity index (χ0) is 5.91. The normalized spacial score (nSPS) is 9.00. The van der Waals surface area contributed by atoms with Gasteiger partial charge in [-0.3, -0.25) is 4.55 Å². The Bertz CT molecular complexity index is 180. The fourth-order valence-corrected chi connectivity index (χ4v) is 0.316. The Morgan fingerprint density at radius 2 is 2.12 bits per heavy atom. The summed E-state index contributed by atoms with van der Waals surface area (Å²) in [6.45, 7) is 0. The Hall–Kier alpha value is 1.11. The second kappa shape index (κ2) is 4.94. The number of hydrogen-bond donors (Lipinski definition) is 1. The predicted molar refractivity (Wildman–Crippen MR) is 26.4 cm³/mol. The first-order chi connectivity index (χ1) is 3.06. The van der Waals surface area contributed by atoms with Gasteiger partial charge in [-0.15, -0.1) is 6.42 Å². The third-order valence-electron chi connectivity index (χ3n) is 0.266. The quantitative estimate of drug-likeness (QED) is 0.247. The number of rotatable bonds is 1. The average molecular weight is 160 g/mol. The van der Waals surface area contributed by atoms with Gasteiger partial charge in [0, 0.05) is 0 Å². The van der Waals surface area contributed by atoms with E-state index in [0.717, 1.165) is 0 Å². The van der Waals surface area contributed by atoms with Crippen molar-refractivity contribution in [1.82, 2.24) is 0 Å². The van der Waals surface area contributed by atoms with E-state index >= 15 is 0 Å². The summed E-state index contributed by atoms with van der Waals surface area (Å²) >= 11 is 0. The van der Waals surface area contributed by atoms with Crippen LogP contribution < -0.4 is 51.4 Å². The summed E-state index contributed by atoms with van der Waals surface area (Å²) in [4.78, 5) is 0. The Morgan fingerprint density at radius 3 is 2.12 bits per heavy atom. The smallest absolute Gasteiger partial charge is 1.00 e. The monoisotopic (exact) mass is 160 g/mol. The minimum absolute atomic E-state index is 0. The molecule has 0 saturated carbocycles. The predicted octanol–water partition coefficient (Wildman–Crippen LogP) is -3.38. The molecular weight excluding hydrogens is 155 g/mol. The van der Waals surface area contributed by atoms with Crippen molar-refractivity contribution in [3.8, 4) is 12.3 Å². The molecule has 0 amide bonds. The first-order valence-electron chi connectivity index (χ1n) is 1.45. The number of hydrogen-bond acceptors (Lipinski definition) is 2. The van der Waals surface area contributed by atoms with Crippen LogP contribution in [-0.4, -0.2) is 18.7 Å². The Balaban J connectivity index is -0.000000180. The van der Waals surface area contributed by atoms with Crippen molar-refractivity contribution in [1.29, 1.82) is 0 Å². The summed E-state index contributed by atoms with van der Waals surface area (Å²) in [5.74, 6) is 1.17. The van der Waals surface area contributed by atoms with Crippen molar-refractivity contribution in [3.05, 3.63) is 0 Å². The Kier molecular flexibility index (Phi) is 7.31. The van der Waals surface area contributed by atoms with Crippen LogP contribution in [0.4, 0.5) is 0 Å². The summed E-state index contributed by atoms with van der Waals surface area (Å²) < 4.78 is 27.1. The Morgan fingerprint density at radius 1 is 1.75 bits per heavy atom. The minimum atomic E-state index is -3.91. The zero-order valence-electron chi connectivity index (χ0n) is 5.46. The van der Waals surface area contributed by atoms with Gasteiger partial charge in [-0.25, -0.2) is 0 Å². The van der Waals surface area contributed by atoms with Gasteiger partial charge in [-0.05, 0) is 0 Å². The fourth-order valence-electron chi connectivity index (χ4n) is 0.105.